The molecule has 5 nitrogen and oxygen atoms in total. The first-order valence-corrected chi connectivity index (χ1v) is 10.7. The number of hydrogen-bond donors (Lipinski definition) is 1. The van der Waals surface area contributed by atoms with Crippen molar-refractivity contribution in [1.82, 2.24) is 5.32 Å². The van der Waals surface area contributed by atoms with Crippen LogP contribution in [-0.4, -0.2) is 11.7 Å². The summed E-state index contributed by atoms with van der Waals surface area (Å²) >= 11 is 12.5. The van der Waals surface area contributed by atoms with Crippen LogP contribution in [0.2, 0.25) is 10.0 Å². The molecule has 3 aromatic carbocycles. The summed E-state index contributed by atoms with van der Waals surface area (Å²) in [5.41, 5.74) is 2.08. The minimum absolute atomic E-state index is 0.157. The van der Waals surface area contributed by atoms with Crippen LogP contribution in [0.1, 0.15) is 36.6 Å². The largest absolute Gasteiger partial charge is 0.485 e. The molecule has 0 aliphatic heterocycles. The van der Waals surface area contributed by atoms with Gasteiger partial charge in [-0.05, 0) is 25.1 Å². The maximum absolute atomic E-state index is 12.3. The van der Waals surface area contributed by atoms with E-state index in [0.717, 1.165) is 11.1 Å². The number of amides is 1. The van der Waals surface area contributed by atoms with Crippen molar-refractivity contribution in [2.75, 3.05) is 0 Å². The summed E-state index contributed by atoms with van der Waals surface area (Å²) in [4.78, 5) is 24.1. The van der Waals surface area contributed by atoms with Gasteiger partial charge in [0.2, 0.25) is 5.91 Å². The summed E-state index contributed by atoms with van der Waals surface area (Å²) in [5, 5.41) is 3.83. The third kappa shape index (κ3) is 6.02. The van der Waals surface area contributed by atoms with Crippen LogP contribution in [0.4, 0.5) is 0 Å². The molecule has 0 heterocycles. The highest BCUT2D eigenvalue weighted by Gasteiger charge is 2.24. The Labute approximate surface area is 197 Å². The number of nitrogens with one attached hydrogen (secondary N) is 1. The van der Waals surface area contributed by atoms with E-state index < -0.39 is 6.04 Å². The summed E-state index contributed by atoms with van der Waals surface area (Å²) in [5.74, 6) is 0.218. The fourth-order valence-corrected chi connectivity index (χ4v) is 3.55. The second-order valence-electron chi connectivity index (χ2n) is 7.18. The molecule has 3 rings (SSSR count). The second kappa shape index (κ2) is 11.0. The third-order valence-electron chi connectivity index (χ3n) is 4.75. The molecule has 0 bridgehead atoms. The lowest BCUT2D eigenvalue weighted by atomic mass is 10.0. The average molecular weight is 472 g/mol. The van der Waals surface area contributed by atoms with Gasteiger partial charge in [-0.25, -0.2) is 0 Å². The van der Waals surface area contributed by atoms with Gasteiger partial charge in [0, 0.05) is 33.7 Å². The molecule has 0 aliphatic carbocycles. The van der Waals surface area contributed by atoms with E-state index in [1.807, 2.05) is 36.4 Å². The smallest absolute Gasteiger partial charge is 0.217 e. The Morgan fingerprint density at radius 1 is 0.812 bits per heavy atom. The molecule has 0 aromatic heterocycles. The number of hydrogen-bond acceptors (Lipinski definition) is 4. The topological polar surface area (TPSA) is 64.6 Å². The van der Waals surface area contributed by atoms with Crippen molar-refractivity contribution in [2.24, 2.45) is 0 Å². The molecular weight excluding hydrogens is 449 g/mol. The van der Waals surface area contributed by atoms with Crippen LogP contribution in [0.15, 0.2) is 66.7 Å². The number of Topliss-reactive ketones (excluding diaryl/α,β-unsaturated/α-hetero) is 1. The minimum atomic E-state index is -0.877. The van der Waals surface area contributed by atoms with Gasteiger partial charge >= 0.3 is 0 Å². The standard InChI is InChI=1S/C25H23Cl2NO4/c1-16(29)24(28-17(2)30)20-10-7-13-23(31-14-18-8-3-5-11-21(18)26)25(20)32-15-19-9-4-6-12-22(19)27/h3-13,24H,14-15H2,1-2H3,(H,28,30). The van der Waals surface area contributed by atoms with Crippen molar-refractivity contribution in [2.45, 2.75) is 33.1 Å². The number of benzene rings is 3. The Kier molecular flexibility index (Phi) is 8.14. The van der Waals surface area contributed by atoms with Crippen molar-refractivity contribution in [3.8, 4) is 11.5 Å². The summed E-state index contributed by atoms with van der Waals surface area (Å²) < 4.78 is 12.2. The number of para-hydroxylation sites is 1. The van der Waals surface area contributed by atoms with Crippen LogP contribution in [0.25, 0.3) is 0 Å². The van der Waals surface area contributed by atoms with Crippen LogP contribution < -0.4 is 14.8 Å². The molecule has 1 unspecified atom stereocenters. The molecule has 0 aliphatic rings. The summed E-state index contributed by atoms with van der Waals surface area (Å²) in [6.45, 7) is 3.13. The van der Waals surface area contributed by atoms with Gasteiger partial charge in [-0.3, -0.25) is 9.59 Å². The predicted molar refractivity (Wildman–Crippen MR) is 125 cm³/mol. The zero-order valence-corrected chi connectivity index (χ0v) is 19.2. The molecule has 0 saturated carbocycles. The van der Waals surface area contributed by atoms with Crippen molar-refractivity contribution in [1.29, 1.82) is 0 Å². The highest BCUT2D eigenvalue weighted by Crippen LogP contribution is 2.37. The first-order valence-electron chi connectivity index (χ1n) is 9.99. The molecular formula is C25H23Cl2NO4. The lowest BCUT2D eigenvalue weighted by Gasteiger charge is -2.22. The Balaban J connectivity index is 1.97. The SMILES string of the molecule is CC(=O)NC(C(C)=O)c1cccc(OCc2ccccc2Cl)c1OCc1ccccc1Cl. The molecule has 0 fully saturated rings. The molecule has 32 heavy (non-hydrogen) atoms. The van der Waals surface area contributed by atoms with Crippen LogP contribution in [0, 0.1) is 0 Å². The lowest BCUT2D eigenvalue weighted by molar-refractivity contribution is -0.125. The third-order valence-corrected chi connectivity index (χ3v) is 5.48. The number of ether oxygens (including phenoxy) is 2. The highest BCUT2D eigenvalue weighted by molar-refractivity contribution is 6.31. The second-order valence-corrected chi connectivity index (χ2v) is 7.99. The number of rotatable bonds is 9. The van der Waals surface area contributed by atoms with Crippen molar-refractivity contribution in [3.63, 3.8) is 0 Å². The normalized spacial score (nSPS) is 11.5. The summed E-state index contributed by atoms with van der Waals surface area (Å²) in [7, 11) is 0. The van der Waals surface area contributed by atoms with Gasteiger partial charge in [-0.2, -0.15) is 0 Å². The van der Waals surface area contributed by atoms with Crippen LogP contribution in [-0.2, 0) is 22.8 Å². The Morgan fingerprint density at radius 2 is 1.38 bits per heavy atom. The molecule has 0 spiro atoms. The maximum Gasteiger partial charge on any atom is 0.217 e. The summed E-state index contributed by atoms with van der Waals surface area (Å²) in [6.07, 6.45) is 0. The fourth-order valence-electron chi connectivity index (χ4n) is 3.17. The zero-order chi connectivity index (χ0) is 23.1. The van der Waals surface area contributed by atoms with E-state index in [1.54, 1.807) is 30.3 Å². The first kappa shape index (κ1) is 23.6. The van der Waals surface area contributed by atoms with E-state index in [4.69, 9.17) is 32.7 Å². The van der Waals surface area contributed by atoms with E-state index in [9.17, 15) is 9.59 Å². The quantitative estimate of drug-likeness (QED) is 0.420. The molecule has 3 aromatic rings. The van der Waals surface area contributed by atoms with Gasteiger partial charge in [0.15, 0.2) is 17.3 Å². The molecule has 1 atom stereocenters. The van der Waals surface area contributed by atoms with Crippen LogP contribution in [0.3, 0.4) is 0 Å². The predicted octanol–water partition coefficient (Wildman–Crippen LogP) is 5.92. The van der Waals surface area contributed by atoms with Crippen molar-refractivity contribution in [3.05, 3.63) is 93.5 Å². The average Bonchev–Trinajstić information content (AvgIpc) is 2.76. The number of ketones is 1. The van der Waals surface area contributed by atoms with E-state index in [-0.39, 0.29) is 24.9 Å². The first-order chi connectivity index (χ1) is 15.4. The summed E-state index contributed by atoms with van der Waals surface area (Å²) in [6, 6.07) is 19.0. The maximum atomic E-state index is 12.3. The van der Waals surface area contributed by atoms with Gasteiger partial charge in [0.05, 0.1) is 0 Å². The lowest BCUT2D eigenvalue weighted by Crippen LogP contribution is -2.31. The molecule has 1 N–H and O–H groups in total. The van der Waals surface area contributed by atoms with Crippen LogP contribution in [0.5, 0.6) is 11.5 Å². The molecule has 0 radical (unpaired) electrons. The zero-order valence-electron chi connectivity index (χ0n) is 17.7. The number of carbonyl (C=O) groups excluding carboxylic acids is 2. The van der Waals surface area contributed by atoms with Crippen molar-refractivity contribution < 1.29 is 19.1 Å². The van der Waals surface area contributed by atoms with E-state index in [1.165, 1.54) is 13.8 Å². The van der Waals surface area contributed by atoms with Gasteiger partial charge in [-0.15, -0.1) is 0 Å². The molecule has 1 amide bonds. The van der Waals surface area contributed by atoms with E-state index in [2.05, 4.69) is 5.32 Å². The Hall–Kier alpha value is -3.02. The van der Waals surface area contributed by atoms with Gasteiger partial charge in [-0.1, -0.05) is 71.7 Å². The molecule has 166 valence electrons. The van der Waals surface area contributed by atoms with Gasteiger partial charge in [0.1, 0.15) is 19.3 Å². The fraction of sp³-hybridized carbons (Fsp3) is 0.200. The Bertz CT molecular complexity index is 1120. The minimum Gasteiger partial charge on any atom is -0.485 e. The molecule has 0 saturated heterocycles. The number of halogens is 2. The monoisotopic (exact) mass is 471 g/mol. The van der Waals surface area contributed by atoms with Gasteiger partial charge < -0.3 is 14.8 Å². The van der Waals surface area contributed by atoms with Gasteiger partial charge in [0.25, 0.3) is 0 Å². The highest BCUT2D eigenvalue weighted by atomic mass is 35.5. The van der Waals surface area contributed by atoms with Crippen LogP contribution >= 0.6 is 23.2 Å². The van der Waals surface area contributed by atoms with E-state index in [0.29, 0.717) is 27.1 Å². The van der Waals surface area contributed by atoms with E-state index >= 15 is 0 Å². The Morgan fingerprint density at radius 3 is 1.91 bits per heavy atom. The number of carbonyl (C=O) groups is 2. The van der Waals surface area contributed by atoms with Crippen molar-refractivity contribution >= 4 is 34.9 Å². The molecule has 7 heteroatoms.